The van der Waals surface area contributed by atoms with Gasteiger partial charge in [-0.3, -0.25) is 0 Å². The van der Waals surface area contributed by atoms with Gasteiger partial charge >= 0.3 is 7.12 Å². The molecule has 0 amide bonds. The first-order valence-electron chi connectivity index (χ1n) is 7.52. The van der Waals surface area contributed by atoms with Crippen LogP contribution in [0.25, 0.3) is 11.6 Å². The summed E-state index contributed by atoms with van der Waals surface area (Å²) >= 11 is 0. The fourth-order valence-corrected chi connectivity index (χ4v) is 2.51. The van der Waals surface area contributed by atoms with Gasteiger partial charge in [0.2, 0.25) is 0 Å². The Labute approximate surface area is 129 Å². The molecule has 0 atom stereocenters. The standard InChI is InChI=1S/C18H25BO2/c1-8-13(3)16-14(9-2)11-10-12-15(16)19-20-17(4,5)18(6,7)21-19/h9-12H,2-3,8H2,1,4-7H3. The van der Waals surface area contributed by atoms with Gasteiger partial charge in [-0.2, -0.15) is 0 Å². The highest BCUT2D eigenvalue weighted by molar-refractivity contribution is 6.63. The fraction of sp³-hybridized carbons (Fsp3) is 0.444. The molecule has 1 aromatic carbocycles. The second kappa shape index (κ2) is 5.47. The summed E-state index contributed by atoms with van der Waals surface area (Å²) in [5.74, 6) is 0. The molecule has 21 heavy (non-hydrogen) atoms. The first-order chi connectivity index (χ1) is 9.73. The normalized spacial score (nSPS) is 19.6. The molecule has 0 spiro atoms. The highest BCUT2D eigenvalue weighted by Crippen LogP contribution is 2.37. The predicted octanol–water partition coefficient (Wildman–Crippen LogP) is 4.05. The maximum absolute atomic E-state index is 6.19. The minimum Gasteiger partial charge on any atom is -0.399 e. The molecule has 2 rings (SSSR count). The molecule has 2 nitrogen and oxygen atoms in total. The molecule has 1 aromatic rings. The van der Waals surface area contributed by atoms with Crippen molar-refractivity contribution in [1.82, 2.24) is 0 Å². The molecule has 0 aliphatic carbocycles. The number of rotatable bonds is 4. The zero-order valence-corrected chi connectivity index (χ0v) is 13.8. The van der Waals surface area contributed by atoms with Gasteiger partial charge in [-0.15, -0.1) is 0 Å². The van der Waals surface area contributed by atoms with Crippen LogP contribution in [0.15, 0.2) is 31.4 Å². The van der Waals surface area contributed by atoms with Crippen molar-refractivity contribution in [2.24, 2.45) is 0 Å². The Hall–Kier alpha value is -1.32. The van der Waals surface area contributed by atoms with Crippen LogP contribution in [-0.4, -0.2) is 18.3 Å². The van der Waals surface area contributed by atoms with Crippen LogP contribution in [0.2, 0.25) is 0 Å². The summed E-state index contributed by atoms with van der Waals surface area (Å²) in [7, 11) is -0.367. The van der Waals surface area contributed by atoms with E-state index in [-0.39, 0.29) is 18.3 Å². The SMILES string of the molecule is C=Cc1cccc(B2OC(C)(C)C(C)(C)O2)c1C(=C)CC. The van der Waals surface area contributed by atoms with Crippen LogP contribution < -0.4 is 5.46 Å². The topological polar surface area (TPSA) is 18.5 Å². The molecule has 0 aromatic heterocycles. The number of hydrogen-bond acceptors (Lipinski definition) is 2. The van der Waals surface area contributed by atoms with E-state index in [1.807, 2.05) is 12.1 Å². The highest BCUT2D eigenvalue weighted by Gasteiger charge is 2.52. The second-order valence-electron chi connectivity index (χ2n) is 6.56. The Morgan fingerprint density at radius 1 is 1.19 bits per heavy atom. The van der Waals surface area contributed by atoms with Gasteiger partial charge in [0, 0.05) is 0 Å². The van der Waals surface area contributed by atoms with Crippen molar-refractivity contribution in [3.63, 3.8) is 0 Å². The quantitative estimate of drug-likeness (QED) is 0.776. The average Bonchev–Trinajstić information content (AvgIpc) is 2.65. The van der Waals surface area contributed by atoms with Gasteiger partial charge in [0.25, 0.3) is 0 Å². The molecule has 0 radical (unpaired) electrons. The van der Waals surface area contributed by atoms with Gasteiger partial charge in [0.05, 0.1) is 11.2 Å². The van der Waals surface area contributed by atoms with Crippen molar-refractivity contribution in [2.45, 2.75) is 52.2 Å². The zero-order valence-electron chi connectivity index (χ0n) is 13.8. The molecular weight excluding hydrogens is 259 g/mol. The third-order valence-corrected chi connectivity index (χ3v) is 4.64. The zero-order chi connectivity index (χ0) is 15.8. The molecule has 0 unspecified atom stereocenters. The van der Waals surface area contributed by atoms with E-state index in [9.17, 15) is 0 Å². The average molecular weight is 284 g/mol. The van der Waals surface area contributed by atoms with Crippen molar-refractivity contribution < 1.29 is 9.31 Å². The van der Waals surface area contributed by atoms with Crippen molar-refractivity contribution in [2.75, 3.05) is 0 Å². The van der Waals surface area contributed by atoms with E-state index in [2.05, 4.69) is 59.9 Å². The third kappa shape index (κ3) is 2.73. The highest BCUT2D eigenvalue weighted by atomic mass is 16.7. The Balaban J connectivity index is 2.51. The Bertz CT molecular complexity index is 557. The minimum absolute atomic E-state index is 0.341. The maximum Gasteiger partial charge on any atom is 0.495 e. The van der Waals surface area contributed by atoms with Gasteiger partial charge in [0.1, 0.15) is 0 Å². The Morgan fingerprint density at radius 2 is 1.76 bits per heavy atom. The molecule has 112 valence electrons. The number of hydrogen-bond donors (Lipinski definition) is 0. The second-order valence-corrected chi connectivity index (χ2v) is 6.56. The van der Waals surface area contributed by atoms with Crippen LogP contribution in [0.3, 0.4) is 0 Å². The van der Waals surface area contributed by atoms with E-state index in [0.717, 1.165) is 28.6 Å². The van der Waals surface area contributed by atoms with Crippen molar-refractivity contribution >= 4 is 24.2 Å². The predicted molar refractivity (Wildman–Crippen MR) is 91.6 cm³/mol. The van der Waals surface area contributed by atoms with Gasteiger partial charge in [-0.05, 0) is 56.3 Å². The Kier molecular flexibility index (Phi) is 4.18. The molecule has 1 heterocycles. The van der Waals surface area contributed by atoms with Crippen LogP contribution in [0.4, 0.5) is 0 Å². The fourth-order valence-electron chi connectivity index (χ4n) is 2.51. The largest absolute Gasteiger partial charge is 0.495 e. The van der Waals surface area contributed by atoms with Crippen LogP contribution in [0.1, 0.15) is 52.2 Å². The lowest BCUT2D eigenvalue weighted by Gasteiger charge is -2.32. The lowest BCUT2D eigenvalue weighted by atomic mass is 9.72. The molecule has 1 aliphatic heterocycles. The van der Waals surface area contributed by atoms with Crippen molar-refractivity contribution in [3.05, 3.63) is 42.5 Å². The number of benzene rings is 1. The van der Waals surface area contributed by atoms with E-state index < -0.39 is 0 Å². The first kappa shape index (κ1) is 16.1. The summed E-state index contributed by atoms with van der Waals surface area (Å²) in [6, 6.07) is 6.13. The molecule has 1 fully saturated rings. The van der Waals surface area contributed by atoms with E-state index in [1.54, 1.807) is 0 Å². The summed E-state index contributed by atoms with van der Waals surface area (Å²) in [4.78, 5) is 0. The summed E-state index contributed by atoms with van der Waals surface area (Å²) in [5.41, 5.74) is 3.62. The number of allylic oxidation sites excluding steroid dienone is 1. The molecule has 1 aliphatic rings. The van der Waals surface area contributed by atoms with Crippen LogP contribution in [0, 0.1) is 0 Å². The summed E-state index contributed by atoms with van der Waals surface area (Å²) < 4.78 is 12.4. The van der Waals surface area contributed by atoms with Gasteiger partial charge in [-0.1, -0.05) is 44.4 Å². The Morgan fingerprint density at radius 3 is 2.24 bits per heavy atom. The van der Waals surface area contributed by atoms with Crippen molar-refractivity contribution in [1.29, 1.82) is 0 Å². The molecule has 0 bridgehead atoms. The summed E-state index contributed by atoms with van der Waals surface area (Å²) in [5, 5.41) is 0. The van der Waals surface area contributed by atoms with E-state index in [4.69, 9.17) is 9.31 Å². The maximum atomic E-state index is 6.19. The van der Waals surface area contributed by atoms with Gasteiger partial charge < -0.3 is 9.31 Å². The lowest BCUT2D eigenvalue weighted by molar-refractivity contribution is 0.00578. The summed E-state index contributed by atoms with van der Waals surface area (Å²) in [6.45, 7) is 18.5. The summed E-state index contributed by atoms with van der Waals surface area (Å²) in [6.07, 6.45) is 2.75. The first-order valence-corrected chi connectivity index (χ1v) is 7.52. The van der Waals surface area contributed by atoms with Crippen LogP contribution in [0.5, 0.6) is 0 Å². The third-order valence-electron chi connectivity index (χ3n) is 4.64. The molecule has 0 saturated carbocycles. The lowest BCUT2D eigenvalue weighted by Crippen LogP contribution is -2.41. The molecular formula is C18H25BO2. The van der Waals surface area contributed by atoms with Crippen molar-refractivity contribution in [3.8, 4) is 0 Å². The smallest absolute Gasteiger partial charge is 0.399 e. The van der Waals surface area contributed by atoms with E-state index in [0.29, 0.717) is 0 Å². The van der Waals surface area contributed by atoms with Gasteiger partial charge in [-0.25, -0.2) is 0 Å². The van der Waals surface area contributed by atoms with Crippen LogP contribution in [-0.2, 0) is 9.31 Å². The van der Waals surface area contributed by atoms with E-state index >= 15 is 0 Å². The molecule has 0 N–H and O–H groups in total. The van der Waals surface area contributed by atoms with Gasteiger partial charge in [0.15, 0.2) is 0 Å². The molecule has 3 heteroatoms. The van der Waals surface area contributed by atoms with Crippen LogP contribution >= 0.6 is 0 Å². The monoisotopic (exact) mass is 284 g/mol. The molecule has 1 saturated heterocycles. The minimum atomic E-state index is -0.367. The van der Waals surface area contributed by atoms with E-state index in [1.165, 1.54) is 0 Å².